The van der Waals surface area contributed by atoms with Crippen LogP contribution in [-0.4, -0.2) is 61.6 Å². The molecule has 4 aliphatic carbocycles. The average Bonchev–Trinajstić information content (AvgIpc) is 3.07. The van der Waals surface area contributed by atoms with Gasteiger partial charge in [0.2, 0.25) is 5.91 Å². The molecule has 0 aromatic carbocycles. The van der Waals surface area contributed by atoms with Crippen LogP contribution < -0.4 is 4.90 Å². The Morgan fingerprint density at radius 3 is 2.52 bits per heavy atom. The SMILES string of the molecule is Cn1ncc2c(N3CCN(C(=O)C45CC6CC(CC(Cl)(C6)C4)C5)CC3)ncnc21. The molecule has 5 fully saturated rings. The maximum atomic E-state index is 13.7. The Morgan fingerprint density at radius 1 is 1.10 bits per heavy atom. The van der Waals surface area contributed by atoms with Crippen LogP contribution >= 0.6 is 11.6 Å². The van der Waals surface area contributed by atoms with E-state index in [1.165, 1.54) is 6.42 Å². The number of rotatable bonds is 2. The summed E-state index contributed by atoms with van der Waals surface area (Å²) in [5.74, 6) is 2.59. The van der Waals surface area contributed by atoms with E-state index in [-0.39, 0.29) is 10.3 Å². The summed E-state index contributed by atoms with van der Waals surface area (Å²) in [5, 5.41) is 5.29. The quantitative estimate of drug-likeness (QED) is 0.706. The van der Waals surface area contributed by atoms with Crippen molar-refractivity contribution >= 4 is 34.4 Å². The van der Waals surface area contributed by atoms with Gasteiger partial charge in [-0.1, -0.05) is 0 Å². The third-order valence-corrected chi connectivity index (χ3v) is 8.26. The molecule has 1 aliphatic heterocycles. The van der Waals surface area contributed by atoms with Crippen LogP contribution in [0, 0.1) is 17.3 Å². The zero-order valence-corrected chi connectivity index (χ0v) is 17.6. The molecule has 2 atom stereocenters. The van der Waals surface area contributed by atoms with Gasteiger partial charge in [0.25, 0.3) is 0 Å². The maximum Gasteiger partial charge on any atom is 0.228 e. The summed E-state index contributed by atoms with van der Waals surface area (Å²) in [6.07, 6.45) is 9.94. The lowest BCUT2D eigenvalue weighted by atomic mass is 9.49. The van der Waals surface area contributed by atoms with Crippen LogP contribution in [0.25, 0.3) is 11.0 Å². The maximum absolute atomic E-state index is 13.7. The van der Waals surface area contributed by atoms with Gasteiger partial charge in [0.05, 0.1) is 17.0 Å². The second-order valence-electron chi connectivity index (χ2n) is 9.87. The van der Waals surface area contributed by atoms with E-state index in [1.54, 1.807) is 11.0 Å². The van der Waals surface area contributed by atoms with Crippen molar-refractivity contribution in [3.63, 3.8) is 0 Å². The number of hydrogen-bond acceptors (Lipinski definition) is 5. The van der Waals surface area contributed by atoms with Crippen LogP contribution in [-0.2, 0) is 11.8 Å². The van der Waals surface area contributed by atoms with E-state index in [0.717, 1.165) is 75.1 Å². The van der Waals surface area contributed by atoms with Crippen molar-refractivity contribution in [1.82, 2.24) is 24.6 Å². The van der Waals surface area contributed by atoms with E-state index in [1.807, 2.05) is 13.2 Å². The molecule has 7 nitrogen and oxygen atoms in total. The standard InChI is InChI=1S/C21H27ClN6O/c1-26-17-16(11-25-26)18(24-13-23-17)27-2-4-28(5-3-27)19(29)20-7-14-6-15(8-20)10-21(22,9-14)12-20/h11,13-15H,2-10,12H2,1H3. The van der Waals surface area contributed by atoms with Crippen LogP contribution in [0.15, 0.2) is 12.5 Å². The van der Waals surface area contributed by atoms with Crippen LogP contribution in [0.2, 0.25) is 0 Å². The number of fused-ring (bicyclic) bond motifs is 1. The van der Waals surface area contributed by atoms with E-state index in [9.17, 15) is 4.79 Å². The summed E-state index contributed by atoms with van der Waals surface area (Å²) in [5.41, 5.74) is 0.647. The Morgan fingerprint density at radius 2 is 1.83 bits per heavy atom. The van der Waals surface area contributed by atoms with E-state index >= 15 is 0 Å². The molecule has 4 bridgehead atoms. The molecule has 1 amide bonds. The molecule has 4 saturated carbocycles. The second kappa shape index (κ2) is 6.06. The van der Waals surface area contributed by atoms with Crippen LogP contribution in [0.1, 0.15) is 38.5 Å². The lowest BCUT2D eigenvalue weighted by molar-refractivity contribution is -0.156. The van der Waals surface area contributed by atoms with Gasteiger partial charge in [0.15, 0.2) is 5.65 Å². The smallest absolute Gasteiger partial charge is 0.228 e. The summed E-state index contributed by atoms with van der Waals surface area (Å²) < 4.78 is 1.77. The molecule has 29 heavy (non-hydrogen) atoms. The summed E-state index contributed by atoms with van der Waals surface area (Å²) in [4.78, 5) is 26.8. The van der Waals surface area contributed by atoms with Crippen LogP contribution in [0.4, 0.5) is 5.82 Å². The monoisotopic (exact) mass is 414 g/mol. The lowest BCUT2D eigenvalue weighted by Crippen LogP contribution is -2.61. The fourth-order valence-corrected chi connectivity index (χ4v) is 7.75. The number of aryl methyl sites for hydroxylation is 1. The van der Waals surface area contributed by atoms with E-state index in [2.05, 4.69) is 24.9 Å². The van der Waals surface area contributed by atoms with Gasteiger partial charge in [-0.15, -0.1) is 11.6 Å². The number of amides is 1. The number of piperazine rings is 1. The third-order valence-electron chi connectivity index (χ3n) is 7.82. The molecule has 7 rings (SSSR count). The molecule has 0 radical (unpaired) electrons. The summed E-state index contributed by atoms with van der Waals surface area (Å²) in [6, 6.07) is 0. The summed E-state index contributed by atoms with van der Waals surface area (Å²) in [6.45, 7) is 3.08. The molecule has 2 aromatic heterocycles. The van der Waals surface area contributed by atoms with Gasteiger partial charge in [-0.3, -0.25) is 9.48 Å². The van der Waals surface area contributed by atoms with Gasteiger partial charge in [0.1, 0.15) is 12.1 Å². The number of nitrogens with zero attached hydrogens (tertiary/aromatic N) is 6. The van der Waals surface area contributed by atoms with Gasteiger partial charge < -0.3 is 9.80 Å². The van der Waals surface area contributed by atoms with Gasteiger partial charge in [-0.2, -0.15) is 5.10 Å². The van der Waals surface area contributed by atoms with Crippen molar-refractivity contribution in [2.45, 2.75) is 43.4 Å². The number of halogens is 1. The van der Waals surface area contributed by atoms with Crippen LogP contribution in [0.5, 0.6) is 0 Å². The van der Waals surface area contributed by atoms with Gasteiger partial charge in [0, 0.05) is 38.1 Å². The third kappa shape index (κ3) is 2.69. The van der Waals surface area contributed by atoms with Crippen LogP contribution in [0.3, 0.4) is 0 Å². The van der Waals surface area contributed by atoms with E-state index in [0.29, 0.717) is 17.7 Å². The van der Waals surface area contributed by atoms with E-state index < -0.39 is 0 Å². The van der Waals surface area contributed by atoms with Gasteiger partial charge in [-0.25, -0.2) is 9.97 Å². The number of alkyl halides is 1. The minimum Gasteiger partial charge on any atom is -0.352 e. The highest BCUT2D eigenvalue weighted by Crippen LogP contribution is 2.64. The highest BCUT2D eigenvalue weighted by molar-refractivity contribution is 6.24. The largest absolute Gasteiger partial charge is 0.352 e. The molecule has 8 heteroatoms. The Labute approximate surface area is 175 Å². The Balaban J connectivity index is 1.20. The van der Waals surface area contributed by atoms with Gasteiger partial charge in [-0.05, 0) is 50.4 Å². The number of aromatic nitrogens is 4. The molecular weight excluding hydrogens is 388 g/mol. The first-order valence-corrected chi connectivity index (χ1v) is 11.2. The normalized spacial score (nSPS) is 36.2. The first kappa shape index (κ1) is 17.9. The minimum absolute atomic E-state index is 0.117. The fourth-order valence-electron chi connectivity index (χ4n) is 7.06. The Bertz CT molecular complexity index is 967. The number of carbonyl (C=O) groups is 1. The van der Waals surface area contributed by atoms with Crippen molar-refractivity contribution in [3.8, 4) is 0 Å². The average molecular weight is 415 g/mol. The molecular formula is C21H27ClN6O. The zero-order chi connectivity index (χ0) is 19.8. The molecule has 1 saturated heterocycles. The highest BCUT2D eigenvalue weighted by Gasteiger charge is 2.60. The first-order valence-electron chi connectivity index (χ1n) is 10.8. The number of hydrogen-bond donors (Lipinski definition) is 0. The molecule has 154 valence electrons. The predicted molar refractivity (Wildman–Crippen MR) is 111 cm³/mol. The topological polar surface area (TPSA) is 67.2 Å². The summed E-state index contributed by atoms with van der Waals surface area (Å²) in [7, 11) is 1.89. The fraction of sp³-hybridized carbons (Fsp3) is 0.714. The number of anilines is 1. The number of carbonyl (C=O) groups excluding carboxylic acids is 1. The lowest BCUT2D eigenvalue weighted by Gasteiger charge is -2.60. The minimum atomic E-state index is -0.195. The Kier molecular flexibility index (Phi) is 3.75. The van der Waals surface area contributed by atoms with Gasteiger partial charge >= 0.3 is 0 Å². The molecule has 3 heterocycles. The van der Waals surface area contributed by atoms with Crippen molar-refractivity contribution in [2.75, 3.05) is 31.1 Å². The molecule has 2 unspecified atom stereocenters. The highest BCUT2D eigenvalue weighted by atomic mass is 35.5. The first-order chi connectivity index (χ1) is 13.9. The molecule has 0 N–H and O–H groups in total. The van der Waals surface area contributed by atoms with Crippen molar-refractivity contribution in [1.29, 1.82) is 0 Å². The second-order valence-corrected chi connectivity index (χ2v) is 10.7. The zero-order valence-electron chi connectivity index (χ0n) is 16.8. The molecule has 0 spiro atoms. The van der Waals surface area contributed by atoms with Crippen molar-refractivity contribution < 1.29 is 4.79 Å². The predicted octanol–water partition coefficient (Wildman–Crippen LogP) is 2.59. The van der Waals surface area contributed by atoms with Crippen molar-refractivity contribution in [3.05, 3.63) is 12.5 Å². The van der Waals surface area contributed by atoms with Crippen molar-refractivity contribution in [2.24, 2.45) is 24.3 Å². The Hall–Kier alpha value is -1.89. The molecule has 2 aromatic rings. The summed E-state index contributed by atoms with van der Waals surface area (Å²) >= 11 is 6.96. The molecule has 5 aliphatic rings. The van der Waals surface area contributed by atoms with E-state index in [4.69, 9.17) is 11.6 Å².